The van der Waals surface area contributed by atoms with E-state index in [4.69, 9.17) is 22.7 Å². The van der Waals surface area contributed by atoms with E-state index in [1.807, 2.05) is 24.3 Å². The largest absolute Gasteiger partial charge is 0.393 e. The smallest absolute Gasteiger partial charge is 0.226 e. The second kappa shape index (κ2) is 6.63. The highest BCUT2D eigenvalue weighted by molar-refractivity contribution is 7.80. The number of nitrogens with two attached hydrogens (primary N) is 1. The molecule has 1 saturated heterocycles. The molecule has 1 heterocycles. The Hall–Kier alpha value is -1.46. The number of carbonyl (C=O) groups is 1. The van der Waals surface area contributed by atoms with E-state index in [9.17, 15) is 4.79 Å². The van der Waals surface area contributed by atoms with Gasteiger partial charge in [-0.1, -0.05) is 24.4 Å². The summed E-state index contributed by atoms with van der Waals surface area (Å²) in [6.07, 6.45) is 3.11. The number of hydrogen-bond donors (Lipinski definition) is 2. The zero-order chi connectivity index (χ0) is 13.7. The molecule has 1 aliphatic rings. The van der Waals surface area contributed by atoms with Crippen molar-refractivity contribution in [2.75, 3.05) is 11.9 Å². The third kappa shape index (κ3) is 4.61. The molecule has 19 heavy (non-hydrogen) atoms. The van der Waals surface area contributed by atoms with Crippen LogP contribution in [0.4, 0.5) is 5.69 Å². The molecule has 1 aromatic carbocycles. The van der Waals surface area contributed by atoms with E-state index in [0.717, 1.165) is 30.7 Å². The lowest BCUT2D eigenvalue weighted by molar-refractivity contribution is -0.118. The van der Waals surface area contributed by atoms with Gasteiger partial charge in [-0.15, -0.1) is 0 Å². The van der Waals surface area contributed by atoms with E-state index in [-0.39, 0.29) is 12.0 Å². The Balaban J connectivity index is 1.84. The van der Waals surface area contributed by atoms with Crippen molar-refractivity contribution in [3.8, 4) is 0 Å². The number of thiocarbonyl (C=S) groups is 1. The minimum atomic E-state index is -0.00556. The Bertz CT molecular complexity index is 453. The summed E-state index contributed by atoms with van der Waals surface area (Å²) in [7, 11) is 0. The first-order chi connectivity index (χ1) is 9.13. The van der Waals surface area contributed by atoms with E-state index in [1.54, 1.807) is 0 Å². The van der Waals surface area contributed by atoms with Gasteiger partial charge in [0.15, 0.2) is 0 Å². The summed E-state index contributed by atoms with van der Waals surface area (Å²) in [5.74, 6) is -0.00556. The molecule has 1 atom stereocenters. The van der Waals surface area contributed by atoms with Crippen LogP contribution in [0, 0.1) is 0 Å². The molecule has 4 nitrogen and oxygen atoms in total. The second-order valence-corrected chi connectivity index (χ2v) is 5.25. The normalized spacial score (nSPS) is 18.2. The summed E-state index contributed by atoms with van der Waals surface area (Å²) < 4.78 is 5.44. The maximum Gasteiger partial charge on any atom is 0.226 e. The first kappa shape index (κ1) is 14.0. The molecule has 1 aliphatic heterocycles. The molecule has 5 heteroatoms. The molecular weight excluding hydrogens is 260 g/mol. The molecule has 3 N–H and O–H groups in total. The summed E-state index contributed by atoms with van der Waals surface area (Å²) in [6, 6.07) is 7.56. The predicted octanol–water partition coefficient (Wildman–Crippen LogP) is 2.02. The lowest BCUT2D eigenvalue weighted by Gasteiger charge is -2.10. The second-order valence-electron chi connectivity index (χ2n) is 4.73. The van der Waals surface area contributed by atoms with Crippen molar-refractivity contribution in [2.24, 2.45) is 5.73 Å². The van der Waals surface area contributed by atoms with Crippen LogP contribution in [-0.4, -0.2) is 23.6 Å². The summed E-state index contributed by atoms with van der Waals surface area (Å²) in [4.78, 5) is 12.3. The minimum Gasteiger partial charge on any atom is -0.393 e. The summed E-state index contributed by atoms with van der Waals surface area (Å²) in [6.45, 7) is 0.769. The molecule has 1 fully saturated rings. The third-order valence-corrected chi connectivity index (χ3v) is 3.20. The fraction of sp³-hybridized carbons (Fsp3) is 0.429. The van der Waals surface area contributed by atoms with E-state index in [0.29, 0.717) is 17.8 Å². The van der Waals surface area contributed by atoms with Crippen LogP contribution < -0.4 is 11.1 Å². The van der Waals surface area contributed by atoms with Gasteiger partial charge in [-0.3, -0.25) is 4.79 Å². The number of nitrogens with one attached hydrogen (secondary N) is 1. The first-order valence-corrected chi connectivity index (χ1v) is 6.83. The first-order valence-electron chi connectivity index (χ1n) is 6.42. The highest BCUT2D eigenvalue weighted by Crippen LogP contribution is 2.17. The molecular formula is C14H18N2O2S. The van der Waals surface area contributed by atoms with Gasteiger partial charge >= 0.3 is 0 Å². The van der Waals surface area contributed by atoms with Crippen molar-refractivity contribution in [1.82, 2.24) is 0 Å². The van der Waals surface area contributed by atoms with E-state index in [2.05, 4.69) is 5.32 Å². The minimum absolute atomic E-state index is 0.00556. The van der Waals surface area contributed by atoms with Gasteiger partial charge in [0.1, 0.15) is 0 Å². The summed E-state index contributed by atoms with van der Waals surface area (Å²) in [5, 5.41) is 2.87. The maximum absolute atomic E-state index is 11.8. The molecule has 2 rings (SSSR count). The van der Waals surface area contributed by atoms with Gasteiger partial charge < -0.3 is 15.8 Å². The Morgan fingerprint density at radius 2 is 2.16 bits per heavy atom. The van der Waals surface area contributed by atoms with E-state index in [1.165, 1.54) is 0 Å². The molecule has 0 spiro atoms. The van der Waals surface area contributed by atoms with Crippen LogP contribution >= 0.6 is 12.2 Å². The molecule has 0 bridgehead atoms. The number of rotatable bonds is 5. The number of ether oxygens (including phenoxy) is 1. The van der Waals surface area contributed by atoms with Gasteiger partial charge in [0.05, 0.1) is 17.5 Å². The van der Waals surface area contributed by atoms with Crippen molar-refractivity contribution in [1.29, 1.82) is 0 Å². The molecule has 1 aromatic rings. The Labute approximate surface area is 118 Å². The van der Waals surface area contributed by atoms with Crippen LogP contribution in [0.1, 0.15) is 24.8 Å². The van der Waals surface area contributed by atoms with Gasteiger partial charge in [0.25, 0.3) is 0 Å². The van der Waals surface area contributed by atoms with E-state index < -0.39 is 0 Å². The van der Waals surface area contributed by atoms with Crippen LogP contribution in [0.15, 0.2) is 24.3 Å². The van der Waals surface area contributed by atoms with Crippen LogP contribution in [0.3, 0.4) is 0 Å². The molecule has 0 radical (unpaired) electrons. The third-order valence-electron chi connectivity index (χ3n) is 3.05. The number of carbonyl (C=O) groups excluding carboxylic acids is 1. The molecule has 102 valence electrons. The number of anilines is 1. The van der Waals surface area contributed by atoms with Crippen LogP contribution in [0.5, 0.6) is 0 Å². The van der Waals surface area contributed by atoms with Crippen LogP contribution in [0.2, 0.25) is 0 Å². The SMILES string of the molecule is NC(=S)Cc1ccc(NC(=O)CC2CCCO2)cc1. The van der Waals surface area contributed by atoms with Gasteiger partial charge in [-0.25, -0.2) is 0 Å². The summed E-state index contributed by atoms with van der Waals surface area (Å²) in [5.41, 5.74) is 7.32. The van der Waals surface area contributed by atoms with E-state index >= 15 is 0 Å². The quantitative estimate of drug-likeness (QED) is 0.809. The molecule has 1 amide bonds. The van der Waals surface area contributed by atoms with Crippen molar-refractivity contribution < 1.29 is 9.53 Å². The molecule has 0 aromatic heterocycles. The Morgan fingerprint density at radius 3 is 2.74 bits per heavy atom. The lowest BCUT2D eigenvalue weighted by Crippen LogP contribution is -2.19. The van der Waals surface area contributed by atoms with Gasteiger partial charge in [0.2, 0.25) is 5.91 Å². The maximum atomic E-state index is 11.8. The number of benzene rings is 1. The molecule has 0 saturated carbocycles. The lowest BCUT2D eigenvalue weighted by atomic mass is 10.1. The standard InChI is InChI=1S/C14H18N2O2S/c15-13(19)8-10-3-5-11(6-4-10)16-14(17)9-12-2-1-7-18-12/h3-6,12H,1-2,7-9H2,(H2,15,19)(H,16,17). The molecule has 1 unspecified atom stereocenters. The van der Waals surface area contributed by atoms with Gasteiger partial charge in [-0.05, 0) is 30.5 Å². The number of hydrogen-bond acceptors (Lipinski definition) is 3. The highest BCUT2D eigenvalue weighted by atomic mass is 32.1. The van der Waals surface area contributed by atoms with Gasteiger partial charge in [-0.2, -0.15) is 0 Å². The van der Waals surface area contributed by atoms with Crippen molar-refractivity contribution in [3.05, 3.63) is 29.8 Å². The molecule has 0 aliphatic carbocycles. The van der Waals surface area contributed by atoms with Crippen LogP contribution in [-0.2, 0) is 16.0 Å². The Morgan fingerprint density at radius 1 is 1.42 bits per heavy atom. The predicted molar refractivity (Wildman–Crippen MR) is 79.2 cm³/mol. The topological polar surface area (TPSA) is 64.3 Å². The Kier molecular flexibility index (Phi) is 4.87. The fourth-order valence-corrected chi connectivity index (χ4v) is 2.30. The fourth-order valence-electron chi connectivity index (χ4n) is 2.13. The average molecular weight is 278 g/mol. The van der Waals surface area contributed by atoms with Crippen molar-refractivity contribution in [2.45, 2.75) is 31.8 Å². The number of amides is 1. The monoisotopic (exact) mass is 278 g/mol. The average Bonchev–Trinajstić information content (AvgIpc) is 2.83. The zero-order valence-electron chi connectivity index (χ0n) is 10.7. The van der Waals surface area contributed by atoms with Crippen molar-refractivity contribution in [3.63, 3.8) is 0 Å². The summed E-state index contributed by atoms with van der Waals surface area (Å²) >= 11 is 4.85. The van der Waals surface area contributed by atoms with Crippen molar-refractivity contribution >= 4 is 28.8 Å². The van der Waals surface area contributed by atoms with Crippen LogP contribution in [0.25, 0.3) is 0 Å². The highest BCUT2D eigenvalue weighted by Gasteiger charge is 2.18. The van der Waals surface area contributed by atoms with Gasteiger partial charge in [0, 0.05) is 18.7 Å². The zero-order valence-corrected chi connectivity index (χ0v) is 11.5.